The molecule has 21 heteroatoms. The van der Waals surface area contributed by atoms with Gasteiger partial charge in [0.05, 0.1) is 40.5 Å². The van der Waals surface area contributed by atoms with Gasteiger partial charge in [0.1, 0.15) is 40.1 Å². The fourth-order valence-corrected chi connectivity index (χ4v) is 7.63. The number of benzene rings is 5. The number of non-ortho nitro benzene ring substituents is 1. The first-order chi connectivity index (χ1) is 34.1. The minimum absolute atomic E-state index is 0.0104. The number of ketones is 1. The number of pyridine rings is 3. The largest absolute Gasteiger partial charge is 0.493 e. The molecule has 21 nitrogen and oxygen atoms in total. The Balaban J connectivity index is 1.16. The van der Waals surface area contributed by atoms with Crippen LogP contribution >= 0.6 is 0 Å². The lowest BCUT2D eigenvalue weighted by Gasteiger charge is -2.16. The van der Waals surface area contributed by atoms with Gasteiger partial charge in [-0.3, -0.25) is 29.3 Å². The van der Waals surface area contributed by atoms with E-state index >= 15 is 0 Å². The maximum Gasteiger partial charge on any atom is 0.341 e. The number of aromatic nitrogens is 3. The molecule has 8 rings (SSSR count). The van der Waals surface area contributed by atoms with E-state index in [9.17, 15) is 49.1 Å². The minimum Gasteiger partial charge on any atom is -0.493 e. The van der Waals surface area contributed by atoms with E-state index in [1.807, 2.05) is 0 Å². The molecule has 0 spiro atoms. The summed E-state index contributed by atoms with van der Waals surface area (Å²) in [6.45, 7) is 3.63. The molecule has 5 N–H and O–H groups in total. The number of nitrogens with one attached hydrogen (secondary N) is 3. The average molecular weight is 962 g/mol. The van der Waals surface area contributed by atoms with E-state index < -0.39 is 47.8 Å². The highest BCUT2D eigenvalue weighted by atomic mass is 16.6. The summed E-state index contributed by atoms with van der Waals surface area (Å²) in [5, 5.41) is 40.7. The van der Waals surface area contributed by atoms with E-state index in [1.165, 1.54) is 67.6 Å². The number of carbonyl (C=O) groups excluding carboxylic acids is 4. The maximum atomic E-state index is 14.3. The molecular weight excluding hydrogens is 923 g/mol. The van der Waals surface area contributed by atoms with Crippen LogP contribution in [-0.2, 0) is 9.59 Å². The van der Waals surface area contributed by atoms with E-state index in [-0.39, 0.29) is 109 Å². The van der Waals surface area contributed by atoms with Gasteiger partial charge in [0.15, 0.2) is 24.5 Å². The predicted molar refractivity (Wildman–Crippen MR) is 258 cm³/mol. The monoisotopic (exact) mass is 961 g/mol. The zero-order valence-electron chi connectivity index (χ0n) is 37.7. The van der Waals surface area contributed by atoms with Gasteiger partial charge in [-0.15, -0.1) is 0 Å². The molecule has 0 aliphatic rings. The van der Waals surface area contributed by atoms with Crippen LogP contribution in [0.25, 0.3) is 43.5 Å². The van der Waals surface area contributed by atoms with Gasteiger partial charge in [-0.2, -0.15) is 0 Å². The van der Waals surface area contributed by atoms with Crippen molar-refractivity contribution >= 4 is 102 Å². The average Bonchev–Trinajstić information content (AvgIpc) is 3.34. The number of rotatable bonds is 18. The molecule has 0 radical (unpaired) electrons. The van der Waals surface area contributed by atoms with Gasteiger partial charge in [0.25, 0.3) is 23.4 Å². The Hall–Kier alpha value is -9.79. The summed E-state index contributed by atoms with van der Waals surface area (Å²) < 4.78 is 22.8. The van der Waals surface area contributed by atoms with Gasteiger partial charge in [0.2, 0.25) is 0 Å². The number of ether oxygens (including phenoxy) is 4. The lowest BCUT2D eigenvalue weighted by atomic mass is 10.0. The second-order valence-electron chi connectivity index (χ2n) is 15.4. The number of para-hydroxylation sites is 3. The molecule has 8 aromatic rings. The molecule has 0 bridgehead atoms. The highest BCUT2D eigenvalue weighted by Gasteiger charge is 2.24. The summed E-state index contributed by atoms with van der Waals surface area (Å²) >= 11 is 0. The number of hydrogen-bond acceptors (Lipinski definition) is 15. The quantitative estimate of drug-likeness (QED) is 0.0308. The zero-order valence-corrected chi connectivity index (χ0v) is 37.7. The van der Waals surface area contributed by atoms with Gasteiger partial charge >= 0.3 is 11.9 Å². The summed E-state index contributed by atoms with van der Waals surface area (Å²) in [4.78, 5) is 103. The minimum atomic E-state index is -1.32. The van der Waals surface area contributed by atoms with Crippen molar-refractivity contribution < 1.29 is 62.9 Å². The van der Waals surface area contributed by atoms with E-state index in [4.69, 9.17) is 18.9 Å². The zero-order chi connectivity index (χ0) is 50.5. The van der Waals surface area contributed by atoms with Crippen molar-refractivity contribution in [2.24, 2.45) is 0 Å². The smallest absolute Gasteiger partial charge is 0.341 e. The van der Waals surface area contributed by atoms with Crippen molar-refractivity contribution in [3.63, 3.8) is 0 Å². The summed E-state index contributed by atoms with van der Waals surface area (Å²) in [6.07, 6.45) is 0. The van der Waals surface area contributed by atoms with Crippen molar-refractivity contribution in [1.82, 2.24) is 15.0 Å². The molecule has 0 aliphatic heterocycles. The Kier molecular flexibility index (Phi) is 13.6. The molecule has 0 saturated heterocycles. The van der Waals surface area contributed by atoms with Crippen molar-refractivity contribution in [3.8, 4) is 23.0 Å². The van der Waals surface area contributed by atoms with Crippen LogP contribution in [0, 0.1) is 10.1 Å². The van der Waals surface area contributed by atoms with Gasteiger partial charge in [-0.05, 0) is 69.3 Å². The summed E-state index contributed by atoms with van der Waals surface area (Å²) in [5.74, 6) is -4.86. The molecule has 3 amide bonds. The Bertz CT molecular complexity index is 3550. The number of Topliss-reactive ketones (excluding diaryl/α,β-unsaturated/α-hetero) is 1. The standard InChI is InChI=1S/C50H39N7O14/c1-4-68-40-20-35(48(63)54-32-14-6-10-27-31(32)18-26(25(3)58)19-39(27)70-23-43(59)60)51-45-28(40)11-7-15-33(45)55-49(64)36-22-42(71-24-44(61)62)29-12-8-16-34(46(29)52-36)56-50(65)37-21-41(69-5-2)30-13-9-17-38(57(66)67)47(30)53-37/h6-22H,4-5,23-24H2,1-3H3,(H,54,63)(H,55,64)(H,56,65)(H,59,60)(H,61,62). The van der Waals surface area contributed by atoms with Crippen LogP contribution in [0.5, 0.6) is 23.0 Å². The lowest BCUT2D eigenvalue weighted by Crippen LogP contribution is -2.18. The molecule has 3 aromatic heterocycles. The molecule has 71 heavy (non-hydrogen) atoms. The summed E-state index contributed by atoms with van der Waals surface area (Å²) in [6, 6.07) is 25.4. The van der Waals surface area contributed by atoms with Crippen LogP contribution in [-0.4, -0.2) is 92.0 Å². The molecule has 0 atom stereocenters. The number of amides is 3. The third kappa shape index (κ3) is 10.1. The van der Waals surface area contributed by atoms with Crippen molar-refractivity contribution in [3.05, 3.63) is 136 Å². The number of anilines is 3. The molecule has 0 unspecified atom stereocenters. The Labute approximate surface area is 400 Å². The van der Waals surface area contributed by atoms with Crippen LogP contribution in [0.15, 0.2) is 103 Å². The summed E-state index contributed by atoms with van der Waals surface area (Å²) in [5.41, 5.74) is -0.481. The normalized spacial score (nSPS) is 11.0. The van der Waals surface area contributed by atoms with Crippen molar-refractivity contribution in [2.75, 3.05) is 42.4 Å². The van der Waals surface area contributed by atoms with Gasteiger partial charge in [0, 0.05) is 62.4 Å². The number of carboxylic acids is 2. The Morgan fingerprint density at radius 3 is 1.37 bits per heavy atom. The van der Waals surface area contributed by atoms with E-state index in [0.717, 1.165) is 0 Å². The number of aliphatic carboxylic acids is 2. The second-order valence-corrected chi connectivity index (χ2v) is 15.4. The molecule has 0 aliphatic carbocycles. The SMILES string of the molecule is CCOc1cc(C(=O)Nc2cccc3c(OCC(=O)O)cc(C(C)=O)cc23)nc2c(NC(=O)c3cc(OCC(=O)O)c4cccc(NC(=O)c5cc(OCC)c6cccc([N+](=O)[O-])c6n5)c4n3)cccc12. The third-order valence-electron chi connectivity index (χ3n) is 10.7. The van der Waals surface area contributed by atoms with Gasteiger partial charge in [-0.1, -0.05) is 30.3 Å². The third-order valence-corrected chi connectivity index (χ3v) is 10.7. The van der Waals surface area contributed by atoms with Crippen LogP contribution in [0.4, 0.5) is 22.7 Å². The topological polar surface area (TPSA) is 298 Å². The molecule has 3 heterocycles. The molecule has 0 fully saturated rings. The highest BCUT2D eigenvalue weighted by molar-refractivity contribution is 6.15. The van der Waals surface area contributed by atoms with Gasteiger partial charge < -0.3 is 45.1 Å². The molecular formula is C50H39N7O14. The van der Waals surface area contributed by atoms with Crippen LogP contribution < -0.4 is 34.9 Å². The lowest BCUT2D eigenvalue weighted by molar-refractivity contribution is -0.383. The number of fused-ring (bicyclic) bond motifs is 4. The first kappa shape index (κ1) is 47.7. The van der Waals surface area contributed by atoms with E-state index in [2.05, 4.69) is 30.9 Å². The highest BCUT2D eigenvalue weighted by Crippen LogP contribution is 2.37. The first-order valence-electron chi connectivity index (χ1n) is 21.6. The fourth-order valence-electron chi connectivity index (χ4n) is 7.63. The van der Waals surface area contributed by atoms with E-state index in [1.54, 1.807) is 56.3 Å². The number of carboxylic acid groups (broad SMARTS) is 2. The number of nitro groups is 1. The first-order valence-corrected chi connectivity index (χ1v) is 21.6. The maximum absolute atomic E-state index is 14.3. The van der Waals surface area contributed by atoms with Crippen molar-refractivity contribution in [2.45, 2.75) is 20.8 Å². The number of carbonyl (C=O) groups is 6. The number of hydrogen-bond donors (Lipinski definition) is 5. The molecule has 358 valence electrons. The van der Waals surface area contributed by atoms with Crippen molar-refractivity contribution in [1.29, 1.82) is 0 Å². The Morgan fingerprint density at radius 1 is 0.521 bits per heavy atom. The fraction of sp³-hybridized carbons (Fsp3) is 0.140. The second kappa shape index (κ2) is 20.2. The summed E-state index contributed by atoms with van der Waals surface area (Å²) in [7, 11) is 0. The van der Waals surface area contributed by atoms with Crippen LogP contribution in [0.3, 0.4) is 0 Å². The molecule has 5 aromatic carbocycles. The Morgan fingerprint density at radius 2 is 0.915 bits per heavy atom. The van der Waals surface area contributed by atoms with Crippen LogP contribution in [0.2, 0.25) is 0 Å². The molecule has 0 saturated carbocycles. The number of nitro benzene ring substituents is 1. The van der Waals surface area contributed by atoms with Crippen LogP contribution in [0.1, 0.15) is 62.6 Å². The predicted octanol–water partition coefficient (Wildman–Crippen LogP) is 8.08. The number of nitrogens with zero attached hydrogens (tertiary/aromatic N) is 4. The van der Waals surface area contributed by atoms with E-state index in [0.29, 0.717) is 21.5 Å². The van der Waals surface area contributed by atoms with Gasteiger partial charge in [-0.25, -0.2) is 24.5 Å².